The minimum absolute atomic E-state index is 0.122. The fourth-order valence-corrected chi connectivity index (χ4v) is 5.31. The number of fused-ring (bicyclic) bond motifs is 7. The summed E-state index contributed by atoms with van der Waals surface area (Å²) in [7, 11) is 2.23. The second-order valence-electron chi connectivity index (χ2n) is 7.94. The molecule has 1 nitrogen and oxygen atoms in total. The molecule has 0 spiro atoms. The van der Waals surface area contributed by atoms with E-state index in [0.29, 0.717) is 0 Å². The molecular weight excluding hydrogens is 322 g/mol. The van der Waals surface area contributed by atoms with Crippen LogP contribution in [0, 0.1) is 0 Å². The maximum absolute atomic E-state index is 2.42. The topological polar surface area (TPSA) is 4.93 Å². The third-order valence-electron chi connectivity index (χ3n) is 5.32. The molecule has 0 saturated carbocycles. The first-order chi connectivity index (χ1) is 12.0. The van der Waals surface area contributed by atoms with Crippen LogP contribution >= 0.6 is 11.3 Å². The molecule has 3 aromatic carbocycles. The number of aromatic nitrogens is 1. The van der Waals surface area contributed by atoms with Crippen molar-refractivity contribution in [1.29, 1.82) is 0 Å². The molecule has 0 aliphatic heterocycles. The van der Waals surface area contributed by atoms with Crippen molar-refractivity contribution >= 4 is 53.3 Å². The summed E-state index contributed by atoms with van der Waals surface area (Å²) in [5.41, 5.74) is 4.27. The Morgan fingerprint density at radius 1 is 0.720 bits per heavy atom. The molecule has 2 heterocycles. The summed E-state index contributed by atoms with van der Waals surface area (Å²) < 4.78 is 5.16. The van der Waals surface area contributed by atoms with E-state index in [1.807, 2.05) is 11.3 Å². The molecule has 0 amide bonds. The van der Waals surface area contributed by atoms with Gasteiger partial charge in [0, 0.05) is 38.0 Å². The number of aryl methyl sites for hydroxylation is 1. The zero-order valence-electron chi connectivity index (χ0n) is 15.1. The molecule has 0 aliphatic carbocycles. The van der Waals surface area contributed by atoms with Crippen LogP contribution in [0.4, 0.5) is 0 Å². The first kappa shape index (κ1) is 15.0. The molecule has 5 rings (SSSR count). The Labute approximate surface area is 151 Å². The third-order valence-corrected chi connectivity index (χ3v) is 6.46. The van der Waals surface area contributed by atoms with Crippen molar-refractivity contribution in [3.63, 3.8) is 0 Å². The van der Waals surface area contributed by atoms with E-state index in [9.17, 15) is 0 Å². The fourth-order valence-electron chi connectivity index (χ4n) is 4.20. The van der Waals surface area contributed by atoms with Crippen molar-refractivity contribution in [1.82, 2.24) is 4.57 Å². The molecule has 5 aromatic rings. The number of thiophene rings is 1. The van der Waals surface area contributed by atoms with E-state index in [4.69, 9.17) is 0 Å². The molecule has 0 atom stereocenters. The maximum Gasteiger partial charge on any atom is 0.0583 e. The van der Waals surface area contributed by atoms with E-state index in [0.717, 1.165) is 0 Å². The summed E-state index contributed by atoms with van der Waals surface area (Å²) in [5.74, 6) is 0. The van der Waals surface area contributed by atoms with Gasteiger partial charge in [0.1, 0.15) is 0 Å². The first-order valence-electron chi connectivity index (χ1n) is 8.78. The van der Waals surface area contributed by atoms with E-state index in [1.165, 1.54) is 47.5 Å². The number of benzene rings is 3. The SMILES string of the molecule is Cn1c2c(C(C)(C)C)cccc2c2ccc3sc4ccccc4c3c21. The Balaban J connectivity index is 2.09. The molecule has 0 N–H and O–H groups in total. The van der Waals surface area contributed by atoms with Gasteiger partial charge >= 0.3 is 0 Å². The fraction of sp³-hybridized carbons (Fsp3) is 0.217. The molecule has 2 aromatic heterocycles. The number of rotatable bonds is 0. The molecule has 0 bridgehead atoms. The monoisotopic (exact) mass is 343 g/mol. The van der Waals surface area contributed by atoms with Crippen LogP contribution in [0.25, 0.3) is 42.0 Å². The van der Waals surface area contributed by atoms with Gasteiger partial charge in [-0.05, 0) is 23.1 Å². The molecule has 0 unspecified atom stereocenters. The highest BCUT2D eigenvalue weighted by atomic mass is 32.1. The van der Waals surface area contributed by atoms with Crippen LogP contribution in [0.5, 0.6) is 0 Å². The molecule has 0 saturated heterocycles. The lowest BCUT2D eigenvalue weighted by atomic mass is 9.85. The minimum Gasteiger partial charge on any atom is -0.343 e. The molecule has 0 aliphatic rings. The molecule has 0 radical (unpaired) electrons. The quantitative estimate of drug-likeness (QED) is 0.285. The minimum atomic E-state index is 0.122. The number of hydrogen-bond donors (Lipinski definition) is 0. The zero-order chi connectivity index (χ0) is 17.3. The summed E-state index contributed by atoms with van der Waals surface area (Å²) in [4.78, 5) is 0. The Morgan fingerprint density at radius 2 is 1.44 bits per heavy atom. The average molecular weight is 343 g/mol. The summed E-state index contributed by atoms with van der Waals surface area (Å²) in [6.07, 6.45) is 0. The third kappa shape index (κ3) is 1.95. The summed E-state index contributed by atoms with van der Waals surface area (Å²) in [5, 5.41) is 5.50. The number of para-hydroxylation sites is 1. The van der Waals surface area contributed by atoms with Crippen molar-refractivity contribution in [2.75, 3.05) is 0 Å². The predicted octanol–water partition coefficient (Wildman–Crippen LogP) is 7.00. The van der Waals surface area contributed by atoms with Gasteiger partial charge in [-0.3, -0.25) is 0 Å². The zero-order valence-corrected chi connectivity index (χ0v) is 15.9. The second-order valence-corrected chi connectivity index (χ2v) is 9.03. The van der Waals surface area contributed by atoms with Crippen LogP contribution in [0.1, 0.15) is 26.3 Å². The standard InChI is InChI=1S/C23H21NS/c1-23(2,3)17-10-7-9-14-15-12-13-19-20(22(15)24(4)21(14)17)16-8-5-6-11-18(16)25-19/h5-13H,1-4H3. The van der Waals surface area contributed by atoms with Crippen LogP contribution in [0.3, 0.4) is 0 Å². The number of hydrogen-bond acceptors (Lipinski definition) is 1. The Hall–Kier alpha value is -2.32. The van der Waals surface area contributed by atoms with Gasteiger partial charge in [-0.2, -0.15) is 0 Å². The van der Waals surface area contributed by atoms with Crippen LogP contribution in [0.15, 0.2) is 54.6 Å². The van der Waals surface area contributed by atoms with E-state index in [1.54, 1.807) is 0 Å². The predicted molar refractivity (Wildman–Crippen MR) is 112 cm³/mol. The maximum atomic E-state index is 2.42. The Bertz CT molecular complexity index is 1280. The van der Waals surface area contributed by atoms with Crippen molar-refractivity contribution in [2.24, 2.45) is 7.05 Å². The summed E-state index contributed by atoms with van der Waals surface area (Å²) in [6, 6.07) is 20.1. The van der Waals surface area contributed by atoms with Gasteiger partial charge in [0.25, 0.3) is 0 Å². The summed E-state index contributed by atoms with van der Waals surface area (Å²) >= 11 is 1.89. The van der Waals surface area contributed by atoms with E-state index in [-0.39, 0.29) is 5.41 Å². The highest BCUT2D eigenvalue weighted by Gasteiger charge is 2.22. The van der Waals surface area contributed by atoms with Crippen molar-refractivity contribution in [2.45, 2.75) is 26.2 Å². The lowest BCUT2D eigenvalue weighted by molar-refractivity contribution is 0.593. The van der Waals surface area contributed by atoms with E-state index >= 15 is 0 Å². The molecule has 25 heavy (non-hydrogen) atoms. The van der Waals surface area contributed by atoms with Gasteiger partial charge in [-0.15, -0.1) is 11.3 Å². The van der Waals surface area contributed by atoms with E-state index < -0.39 is 0 Å². The Kier molecular flexibility index (Phi) is 2.91. The molecule has 2 heteroatoms. The van der Waals surface area contributed by atoms with Gasteiger partial charge in [0.05, 0.1) is 11.0 Å². The van der Waals surface area contributed by atoms with Crippen molar-refractivity contribution < 1.29 is 0 Å². The largest absolute Gasteiger partial charge is 0.343 e. The highest BCUT2D eigenvalue weighted by Crippen LogP contribution is 2.43. The average Bonchev–Trinajstić information content (AvgIpc) is 3.10. The molecule has 0 fully saturated rings. The van der Waals surface area contributed by atoms with Gasteiger partial charge in [-0.1, -0.05) is 63.2 Å². The van der Waals surface area contributed by atoms with Crippen LogP contribution in [0.2, 0.25) is 0 Å². The lowest BCUT2D eigenvalue weighted by Gasteiger charge is -2.21. The van der Waals surface area contributed by atoms with Gasteiger partial charge < -0.3 is 4.57 Å². The second kappa shape index (κ2) is 4.86. The molecular formula is C23H21NS. The van der Waals surface area contributed by atoms with Crippen LogP contribution in [-0.2, 0) is 12.5 Å². The summed E-state index contributed by atoms with van der Waals surface area (Å²) in [6.45, 7) is 6.90. The number of nitrogens with zero attached hydrogens (tertiary/aromatic N) is 1. The smallest absolute Gasteiger partial charge is 0.0583 e. The normalized spacial score (nSPS) is 12.8. The first-order valence-corrected chi connectivity index (χ1v) is 9.60. The van der Waals surface area contributed by atoms with Gasteiger partial charge in [0.15, 0.2) is 0 Å². The Morgan fingerprint density at radius 3 is 2.24 bits per heavy atom. The molecule has 124 valence electrons. The van der Waals surface area contributed by atoms with E-state index in [2.05, 4.69) is 87.0 Å². The van der Waals surface area contributed by atoms with Crippen molar-refractivity contribution in [3.8, 4) is 0 Å². The highest BCUT2D eigenvalue weighted by molar-refractivity contribution is 7.26. The lowest BCUT2D eigenvalue weighted by Crippen LogP contribution is -2.12. The van der Waals surface area contributed by atoms with Crippen LogP contribution in [-0.4, -0.2) is 4.57 Å². The van der Waals surface area contributed by atoms with Gasteiger partial charge in [0.2, 0.25) is 0 Å². The van der Waals surface area contributed by atoms with Crippen LogP contribution < -0.4 is 0 Å². The van der Waals surface area contributed by atoms with Gasteiger partial charge in [-0.25, -0.2) is 0 Å². The van der Waals surface area contributed by atoms with Crippen molar-refractivity contribution in [3.05, 3.63) is 60.2 Å².